The molecule has 0 aliphatic heterocycles. The highest BCUT2D eigenvalue weighted by Gasteiger charge is 2.22. The smallest absolute Gasteiger partial charge is 0.339 e. The van der Waals surface area contributed by atoms with Crippen molar-refractivity contribution in [1.82, 2.24) is 15.0 Å². The summed E-state index contributed by atoms with van der Waals surface area (Å²) in [6, 6.07) is 3.10. The fourth-order valence-corrected chi connectivity index (χ4v) is 2.91. The predicted molar refractivity (Wildman–Crippen MR) is 84.5 cm³/mol. The third-order valence-corrected chi connectivity index (χ3v) is 3.91. The number of carboxylic acid groups (broad SMARTS) is 1. The number of carbonyl (C=O) groups is 2. The first kappa shape index (κ1) is 14.8. The lowest BCUT2D eigenvalue weighted by atomic mass is 10.1. The second-order valence-corrected chi connectivity index (χ2v) is 5.32. The Labute approximate surface area is 134 Å². The quantitative estimate of drug-likeness (QED) is 0.763. The van der Waals surface area contributed by atoms with Crippen LogP contribution in [0.4, 0.5) is 5.00 Å². The summed E-state index contributed by atoms with van der Waals surface area (Å²) in [4.78, 5) is 35.6. The van der Waals surface area contributed by atoms with Crippen molar-refractivity contribution in [3.8, 4) is 11.3 Å². The molecular weight excluding hydrogens is 316 g/mol. The molecule has 0 spiro atoms. The van der Waals surface area contributed by atoms with Crippen molar-refractivity contribution in [2.24, 2.45) is 0 Å². The number of hydrogen-bond acceptors (Lipinski definition) is 6. The molecule has 3 heterocycles. The van der Waals surface area contributed by atoms with Crippen LogP contribution in [0.25, 0.3) is 11.3 Å². The van der Waals surface area contributed by atoms with E-state index in [4.69, 9.17) is 0 Å². The SMILES string of the molecule is O=C(Nc1scc(-c2cnccn2)c1C(=O)O)c1ccncc1. The van der Waals surface area contributed by atoms with Gasteiger partial charge in [-0.3, -0.25) is 19.7 Å². The molecule has 8 heteroatoms. The third kappa shape index (κ3) is 3.06. The minimum atomic E-state index is -1.14. The maximum Gasteiger partial charge on any atom is 0.339 e. The summed E-state index contributed by atoms with van der Waals surface area (Å²) in [7, 11) is 0. The van der Waals surface area contributed by atoms with Crippen LogP contribution in [0, 0.1) is 0 Å². The van der Waals surface area contributed by atoms with Crippen molar-refractivity contribution in [2.75, 3.05) is 5.32 Å². The van der Waals surface area contributed by atoms with E-state index in [-0.39, 0.29) is 10.6 Å². The molecule has 0 aromatic carbocycles. The van der Waals surface area contributed by atoms with Crippen molar-refractivity contribution in [3.63, 3.8) is 0 Å². The van der Waals surface area contributed by atoms with Crippen LogP contribution < -0.4 is 5.32 Å². The molecule has 1 amide bonds. The Morgan fingerprint density at radius 1 is 1.09 bits per heavy atom. The van der Waals surface area contributed by atoms with Crippen molar-refractivity contribution in [1.29, 1.82) is 0 Å². The number of aromatic nitrogens is 3. The van der Waals surface area contributed by atoms with E-state index in [2.05, 4.69) is 20.3 Å². The molecule has 2 N–H and O–H groups in total. The summed E-state index contributed by atoms with van der Waals surface area (Å²) >= 11 is 1.13. The Bertz CT molecular complexity index is 850. The van der Waals surface area contributed by atoms with E-state index in [1.807, 2.05) is 0 Å². The van der Waals surface area contributed by atoms with E-state index < -0.39 is 11.9 Å². The molecular formula is C15H10N4O3S. The first-order valence-electron chi connectivity index (χ1n) is 6.49. The summed E-state index contributed by atoms with van der Waals surface area (Å²) in [5, 5.41) is 14.0. The second-order valence-electron chi connectivity index (χ2n) is 4.44. The van der Waals surface area contributed by atoms with Gasteiger partial charge in [-0.2, -0.15) is 0 Å². The number of amides is 1. The summed E-state index contributed by atoms with van der Waals surface area (Å²) < 4.78 is 0. The molecule has 0 bridgehead atoms. The predicted octanol–water partition coefficient (Wildman–Crippen LogP) is 2.55. The lowest BCUT2D eigenvalue weighted by molar-refractivity contribution is 0.0699. The van der Waals surface area contributed by atoms with Gasteiger partial charge >= 0.3 is 5.97 Å². The van der Waals surface area contributed by atoms with Crippen LogP contribution in [0.5, 0.6) is 0 Å². The fraction of sp³-hybridized carbons (Fsp3) is 0. The Kier molecular flexibility index (Phi) is 4.07. The number of hydrogen-bond donors (Lipinski definition) is 2. The normalized spacial score (nSPS) is 10.3. The topological polar surface area (TPSA) is 105 Å². The summed E-state index contributed by atoms with van der Waals surface area (Å²) in [6.07, 6.45) is 7.44. The Morgan fingerprint density at radius 3 is 2.52 bits per heavy atom. The zero-order chi connectivity index (χ0) is 16.2. The van der Waals surface area contributed by atoms with E-state index in [0.29, 0.717) is 16.8 Å². The summed E-state index contributed by atoms with van der Waals surface area (Å²) in [5.74, 6) is -1.54. The lowest BCUT2D eigenvalue weighted by Gasteiger charge is -2.05. The third-order valence-electron chi connectivity index (χ3n) is 3.01. The van der Waals surface area contributed by atoms with E-state index in [0.717, 1.165) is 11.3 Å². The van der Waals surface area contributed by atoms with Gasteiger partial charge in [0.15, 0.2) is 0 Å². The van der Waals surface area contributed by atoms with Crippen LogP contribution in [0.15, 0.2) is 48.5 Å². The first-order chi connectivity index (χ1) is 11.2. The molecule has 0 aliphatic carbocycles. The molecule has 0 radical (unpaired) electrons. The minimum absolute atomic E-state index is 0.00194. The molecule has 0 saturated heterocycles. The molecule has 0 atom stereocenters. The van der Waals surface area contributed by atoms with Crippen LogP contribution in [-0.2, 0) is 0 Å². The standard InChI is InChI=1S/C15H10N4O3S/c20-13(9-1-3-16-4-2-9)19-14-12(15(21)22)10(8-23-14)11-7-17-5-6-18-11/h1-8H,(H,19,20)(H,21,22). The van der Waals surface area contributed by atoms with Gasteiger partial charge in [0.05, 0.1) is 11.9 Å². The largest absolute Gasteiger partial charge is 0.478 e. The zero-order valence-corrected chi connectivity index (χ0v) is 12.4. The molecule has 3 aromatic heterocycles. The number of nitrogens with zero attached hydrogens (tertiary/aromatic N) is 3. The second kappa shape index (κ2) is 6.32. The van der Waals surface area contributed by atoms with Gasteiger partial charge in [0, 0.05) is 41.3 Å². The van der Waals surface area contributed by atoms with Crippen LogP contribution >= 0.6 is 11.3 Å². The molecule has 114 valence electrons. The zero-order valence-electron chi connectivity index (χ0n) is 11.6. The highest BCUT2D eigenvalue weighted by molar-refractivity contribution is 7.15. The average Bonchev–Trinajstić information content (AvgIpc) is 3.00. The molecule has 23 heavy (non-hydrogen) atoms. The Morgan fingerprint density at radius 2 is 1.87 bits per heavy atom. The number of carboxylic acids is 1. The number of carbonyl (C=O) groups excluding carboxylic acids is 1. The molecule has 0 fully saturated rings. The Hall–Kier alpha value is -3.13. The number of rotatable bonds is 4. The highest BCUT2D eigenvalue weighted by Crippen LogP contribution is 2.34. The monoisotopic (exact) mass is 326 g/mol. The first-order valence-corrected chi connectivity index (χ1v) is 7.37. The van der Waals surface area contributed by atoms with Gasteiger partial charge in [0.1, 0.15) is 10.6 Å². The number of nitrogens with one attached hydrogen (secondary N) is 1. The van der Waals surface area contributed by atoms with E-state index in [1.54, 1.807) is 17.5 Å². The van der Waals surface area contributed by atoms with Crippen molar-refractivity contribution in [2.45, 2.75) is 0 Å². The fourth-order valence-electron chi connectivity index (χ4n) is 1.97. The Balaban J connectivity index is 1.96. The van der Waals surface area contributed by atoms with E-state index in [9.17, 15) is 14.7 Å². The van der Waals surface area contributed by atoms with Gasteiger partial charge in [0.25, 0.3) is 5.91 Å². The number of thiophene rings is 1. The molecule has 3 aromatic rings. The van der Waals surface area contributed by atoms with Crippen LogP contribution in [0.1, 0.15) is 20.7 Å². The average molecular weight is 326 g/mol. The summed E-state index contributed by atoms with van der Waals surface area (Å²) in [6.45, 7) is 0. The van der Waals surface area contributed by atoms with Crippen LogP contribution in [0.2, 0.25) is 0 Å². The van der Waals surface area contributed by atoms with Gasteiger partial charge in [-0.25, -0.2) is 4.79 Å². The van der Waals surface area contributed by atoms with E-state index in [1.165, 1.54) is 31.0 Å². The van der Waals surface area contributed by atoms with Crippen LogP contribution in [0.3, 0.4) is 0 Å². The molecule has 7 nitrogen and oxygen atoms in total. The van der Waals surface area contributed by atoms with Crippen molar-refractivity contribution >= 4 is 28.2 Å². The van der Waals surface area contributed by atoms with Crippen molar-refractivity contribution in [3.05, 3.63) is 59.6 Å². The van der Waals surface area contributed by atoms with Gasteiger partial charge in [0.2, 0.25) is 0 Å². The van der Waals surface area contributed by atoms with Gasteiger partial charge in [-0.1, -0.05) is 0 Å². The highest BCUT2D eigenvalue weighted by atomic mass is 32.1. The van der Waals surface area contributed by atoms with Crippen LogP contribution in [-0.4, -0.2) is 31.9 Å². The van der Waals surface area contributed by atoms with Gasteiger partial charge in [-0.05, 0) is 12.1 Å². The lowest BCUT2D eigenvalue weighted by Crippen LogP contribution is -2.13. The molecule has 0 saturated carbocycles. The molecule has 3 rings (SSSR count). The summed E-state index contributed by atoms with van der Waals surface area (Å²) in [5.41, 5.74) is 1.25. The van der Waals surface area contributed by atoms with Crippen molar-refractivity contribution < 1.29 is 14.7 Å². The number of aromatic carboxylic acids is 1. The minimum Gasteiger partial charge on any atom is -0.478 e. The number of anilines is 1. The van der Waals surface area contributed by atoms with Gasteiger partial charge < -0.3 is 10.4 Å². The molecule has 0 unspecified atom stereocenters. The number of pyridine rings is 1. The maximum atomic E-state index is 12.2. The van der Waals surface area contributed by atoms with Gasteiger partial charge in [-0.15, -0.1) is 11.3 Å². The van der Waals surface area contributed by atoms with E-state index >= 15 is 0 Å². The maximum absolute atomic E-state index is 12.2. The molecule has 0 aliphatic rings.